The second-order valence-electron chi connectivity index (χ2n) is 4.99. The number of carbonyl (C=O) groups is 1. The number of aryl methyl sites for hydroxylation is 1. The van der Waals surface area contributed by atoms with Crippen molar-refractivity contribution in [2.75, 3.05) is 5.32 Å². The smallest absolute Gasteiger partial charge is 0.276 e. The van der Waals surface area contributed by atoms with Gasteiger partial charge in [0.1, 0.15) is 5.00 Å². The lowest BCUT2D eigenvalue weighted by atomic mass is 10.1. The van der Waals surface area contributed by atoms with Gasteiger partial charge in [0.15, 0.2) is 5.69 Å². The third-order valence-electron chi connectivity index (χ3n) is 2.35. The Balaban J connectivity index is 2.22. The second-order valence-corrected chi connectivity index (χ2v) is 5.78. The lowest BCUT2D eigenvalue weighted by Crippen LogP contribution is -2.25. The number of aromatic nitrogens is 4. The minimum absolute atomic E-state index is 0.144. The van der Waals surface area contributed by atoms with Crippen LogP contribution in [0.1, 0.15) is 37.0 Å². The van der Waals surface area contributed by atoms with Crippen LogP contribution in [0.2, 0.25) is 0 Å². The Morgan fingerprint density at radius 1 is 1.44 bits per heavy atom. The molecule has 0 aliphatic rings. The summed E-state index contributed by atoms with van der Waals surface area (Å²) < 4.78 is 5.52. The maximum Gasteiger partial charge on any atom is 0.276 e. The summed E-state index contributed by atoms with van der Waals surface area (Å²) in [5, 5.41) is 11.3. The van der Waals surface area contributed by atoms with Crippen molar-refractivity contribution in [3.8, 4) is 0 Å². The molecule has 0 saturated heterocycles. The molecular weight excluding hydrogens is 250 g/mol. The van der Waals surface area contributed by atoms with Crippen molar-refractivity contribution in [1.82, 2.24) is 19.4 Å². The first-order chi connectivity index (χ1) is 8.38. The molecule has 0 unspecified atom stereocenters. The third-order valence-corrected chi connectivity index (χ3v) is 2.93. The SMILES string of the molecule is Cc1cc(C(=O)Nc2cnns2)nn1C(C)(C)C. The van der Waals surface area contributed by atoms with Gasteiger partial charge in [0.05, 0.1) is 11.7 Å². The molecule has 96 valence electrons. The molecule has 2 aromatic heterocycles. The molecule has 0 bridgehead atoms. The molecule has 7 heteroatoms. The molecule has 0 atom stereocenters. The highest BCUT2D eigenvalue weighted by Gasteiger charge is 2.20. The highest BCUT2D eigenvalue weighted by molar-refractivity contribution is 7.10. The number of nitrogens with zero attached hydrogens (tertiary/aromatic N) is 4. The van der Waals surface area contributed by atoms with Crippen LogP contribution in [0.3, 0.4) is 0 Å². The normalized spacial score (nSPS) is 11.6. The van der Waals surface area contributed by atoms with Crippen molar-refractivity contribution < 1.29 is 4.79 Å². The van der Waals surface area contributed by atoms with Crippen molar-refractivity contribution in [3.63, 3.8) is 0 Å². The number of hydrogen-bond acceptors (Lipinski definition) is 5. The molecule has 0 aromatic carbocycles. The van der Waals surface area contributed by atoms with Crippen LogP contribution in [0.25, 0.3) is 0 Å². The van der Waals surface area contributed by atoms with E-state index < -0.39 is 0 Å². The molecule has 0 aliphatic carbocycles. The highest BCUT2D eigenvalue weighted by Crippen LogP contribution is 2.18. The van der Waals surface area contributed by atoms with Crippen LogP contribution >= 0.6 is 11.5 Å². The zero-order valence-electron chi connectivity index (χ0n) is 10.8. The summed E-state index contributed by atoms with van der Waals surface area (Å²) in [4.78, 5) is 12.0. The molecule has 2 heterocycles. The molecular formula is C11H15N5OS. The van der Waals surface area contributed by atoms with E-state index in [0.717, 1.165) is 17.2 Å². The summed E-state index contributed by atoms with van der Waals surface area (Å²) in [6.45, 7) is 8.06. The average molecular weight is 265 g/mol. The van der Waals surface area contributed by atoms with Crippen LogP contribution in [0, 0.1) is 6.92 Å². The molecule has 1 N–H and O–H groups in total. The van der Waals surface area contributed by atoms with Gasteiger partial charge in [-0.15, -0.1) is 5.10 Å². The largest absolute Gasteiger partial charge is 0.310 e. The fourth-order valence-corrected chi connectivity index (χ4v) is 2.08. The molecule has 18 heavy (non-hydrogen) atoms. The topological polar surface area (TPSA) is 72.7 Å². The number of hydrogen-bond donors (Lipinski definition) is 1. The van der Waals surface area contributed by atoms with E-state index in [-0.39, 0.29) is 11.4 Å². The van der Waals surface area contributed by atoms with Gasteiger partial charge in [0, 0.05) is 17.2 Å². The Morgan fingerprint density at radius 2 is 2.17 bits per heavy atom. The molecule has 6 nitrogen and oxygen atoms in total. The van der Waals surface area contributed by atoms with E-state index in [1.807, 2.05) is 32.4 Å². The highest BCUT2D eigenvalue weighted by atomic mass is 32.1. The van der Waals surface area contributed by atoms with E-state index in [4.69, 9.17) is 0 Å². The number of rotatable bonds is 2. The lowest BCUT2D eigenvalue weighted by molar-refractivity contribution is 0.102. The summed E-state index contributed by atoms with van der Waals surface area (Å²) in [6.07, 6.45) is 1.51. The number of carbonyl (C=O) groups excluding carboxylic acids is 1. The molecule has 0 spiro atoms. The Labute approximate surface area is 109 Å². The minimum Gasteiger partial charge on any atom is -0.310 e. The van der Waals surface area contributed by atoms with Gasteiger partial charge in [-0.3, -0.25) is 9.48 Å². The predicted molar refractivity (Wildman–Crippen MR) is 69.8 cm³/mol. The molecule has 0 aliphatic heterocycles. The molecule has 0 saturated carbocycles. The zero-order chi connectivity index (χ0) is 13.3. The monoisotopic (exact) mass is 265 g/mol. The predicted octanol–water partition coefficient (Wildman–Crippen LogP) is 2.05. The van der Waals surface area contributed by atoms with Crippen molar-refractivity contribution >= 4 is 22.4 Å². The van der Waals surface area contributed by atoms with E-state index >= 15 is 0 Å². The zero-order valence-corrected chi connectivity index (χ0v) is 11.6. The van der Waals surface area contributed by atoms with Gasteiger partial charge < -0.3 is 5.32 Å². The molecule has 2 rings (SSSR count). The molecule has 0 radical (unpaired) electrons. The summed E-state index contributed by atoms with van der Waals surface area (Å²) in [7, 11) is 0. The first-order valence-corrected chi connectivity index (χ1v) is 6.31. The van der Waals surface area contributed by atoms with Crippen LogP contribution in [0.15, 0.2) is 12.3 Å². The quantitative estimate of drug-likeness (QED) is 0.902. The number of amides is 1. The standard InChI is InChI=1S/C11H15N5OS/c1-7-5-8(14-16(7)11(2,3)4)10(17)13-9-6-12-15-18-9/h5-6H,1-4H3,(H,13,17). The summed E-state index contributed by atoms with van der Waals surface area (Å²) in [5.41, 5.74) is 1.21. The van der Waals surface area contributed by atoms with Gasteiger partial charge in [-0.25, -0.2) is 0 Å². The van der Waals surface area contributed by atoms with Gasteiger partial charge in [-0.1, -0.05) is 4.49 Å². The second kappa shape index (κ2) is 4.49. The summed E-state index contributed by atoms with van der Waals surface area (Å²) in [5.74, 6) is -0.243. The Bertz CT molecular complexity index is 552. The van der Waals surface area contributed by atoms with Crippen LogP contribution in [-0.2, 0) is 5.54 Å². The van der Waals surface area contributed by atoms with Gasteiger partial charge >= 0.3 is 0 Å². The Kier molecular flexibility index (Phi) is 3.16. The third kappa shape index (κ3) is 2.56. The van der Waals surface area contributed by atoms with Crippen LogP contribution in [0.4, 0.5) is 5.00 Å². The van der Waals surface area contributed by atoms with E-state index in [2.05, 4.69) is 20.0 Å². The van der Waals surface area contributed by atoms with Gasteiger partial charge in [0.2, 0.25) is 0 Å². The van der Waals surface area contributed by atoms with Gasteiger partial charge in [0.25, 0.3) is 5.91 Å². The average Bonchev–Trinajstić information content (AvgIpc) is 2.85. The summed E-state index contributed by atoms with van der Waals surface area (Å²) >= 11 is 1.13. The lowest BCUT2D eigenvalue weighted by Gasteiger charge is -2.21. The maximum atomic E-state index is 12.0. The van der Waals surface area contributed by atoms with E-state index in [0.29, 0.717) is 10.7 Å². The summed E-state index contributed by atoms with van der Waals surface area (Å²) in [6, 6.07) is 1.77. The molecule has 2 aromatic rings. The first-order valence-electron chi connectivity index (χ1n) is 5.54. The van der Waals surface area contributed by atoms with Crippen molar-refractivity contribution in [1.29, 1.82) is 0 Å². The van der Waals surface area contributed by atoms with Crippen molar-refractivity contribution in [2.45, 2.75) is 33.2 Å². The van der Waals surface area contributed by atoms with Gasteiger partial charge in [-0.05, 0) is 33.8 Å². The Morgan fingerprint density at radius 3 is 2.67 bits per heavy atom. The number of anilines is 1. The minimum atomic E-state index is -0.243. The van der Waals surface area contributed by atoms with E-state index in [9.17, 15) is 4.79 Å². The van der Waals surface area contributed by atoms with Gasteiger partial charge in [-0.2, -0.15) is 5.10 Å². The fraction of sp³-hybridized carbons (Fsp3) is 0.455. The van der Waals surface area contributed by atoms with E-state index in [1.165, 1.54) is 6.20 Å². The number of nitrogens with one attached hydrogen (secondary N) is 1. The van der Waals surface area contributed by atoms with E-state index in [1.54, 1.807) is 6.07 Å². The van der Waals surface area contributed by atoms with Crippen LogP contribution < -0.4 is 5.32 Å². The van der Waals surface area contributed by atoms with Crippen LogP contribution in [0.5, 0.6) is 0 Å². The van der Waals surface area contributed by atoms with Crippen molar-refractivity contribution in [3.05, 3.63) is 23.7 Å². The molecule has 0 fully saturated rings. The fourth-order valence-electron chi connectivity index (χ4n) is 1.66. The molecule has 1 amide bonds. The maximum absolute atomic E-state index is 12.0. The van der Waals surface area contributed by atoms with Crippen LogP contribution in [-0.4, -0.2) is 25.3 Å². The first kappa shape index (κ1) is 12.7. The van der Waals surface area contributed by atoms with Crippen molar-refractivity contribution in [2.24, 2.45) is 0 Å². The Hall–Kier alpha value is -1.76.